The van der Waals surface area contributed by atoms with E-state index < -0.39 is 35.6 Å². The fraction of sp³-hybridized carbons (Fsp3) is 0.429. The molecule has 0 atom stereocenters. The van der Waals surface area contributed by atoms with E-state index in [1.165, 1.54) is 6.40 Å². The van der Waals surface area contributed by atoms with Gasteiger partial charge in [0.15, 0.2) is 0 Å². The molecule has 34 heavy (non-hydrogen) atoms. The van der Waals surface area contributed by atoms with Crippen LogP contribution in [0.15, 0.2) is 0 Å². The van der Waals surface area contributed by atoms with Crippen molar-refractivity contribution in [2.24, 2.45) is 0 Å². The fourth-order valence-corrected chi connectivity index (χ4v) is 1.72. The summed E-state index contributed by atoms with van der Waals surface area (Å²) >= 11 is 3.33. The number of nitrogens with zero attached hydrogens (tertiary/aromatic N) is 2. The summed E-state index contributed by atoms with van der Waals surface area (Å²) in [5.41, 5.74) is 0. The molecule has 13 heteroatoms. The van der Waals surface area contributed by atoms with Gasteiger partial charge in [0.25, 0.3) is 23.6 Å². The van der Waals surface area contributed by atoms with Crippen molar-refractivity contribution in [1.29, 1.82) is 4.78 Å². The van der Waals surface area contributed by atoms with Crippen molar-refractivity contribution in [2.75, 3.05) is 0 Å². The molecule has 0 spiro atoms. The number of rotatable bonds is 5. The molecule has 0 bridgehead atoms. The topological polar surface area (TPSA) is 182 Å². The highest BCUT2D eigenvalue weighted by molar-refractivity contribution is 7.45. The molecule has 0 aromatic heterocycles. The molecule has 2 heterocycles. The number of hydrogen-bond donors (Lipinski definition) is 3. The van der Waals surface area contributed by atoms with E-state index >= 15 is 0 Å². The van der Waals surface area contributed by atoms with Crippen LogP contribution in [-0.4, -0.2) is 56.0 Å². The van der Waals surface area contributed by atoms with Crippen LogP contribution in [0.4, 0.5) is 0 Å². The number of aliphatic carboxylic acids is 1. The zero-order valence-electron chi connectivity index (χ0n) is 18.4. The van der Waals surface area contributed by atoms with Gasteiger partial charge in [-0.05, 0) is 0 Å². The maximum Gasteiger partial charge on any atom is 0.334 e. The lowest BCUT2D eigenvalue weighted by Crippen LogP contribution is -2.31. The van der Waals surface area contributed by atoms with Crippen LogP contribution in [0, 0.1) is 42.3 Å². The molecule has 186 valence electrons. The fourth-order valence-electron chi connectivity index (χ4n) is 1.72. The van der Waals surface area contributed by atoms with E-state index in [0.29, 0.717) is 11.5 Å². The van der Waals surface area contributed by atoms with Crippen molar-refractivity contribution >= 4 is 48.0 Å². The van der Waals surface area contributed by atoms with Crippen LogP contribution >= 0.6 is 0 Å². The summed E-state index contributed by atoms with van der Waals surface area (Å²) in [5.74, 6) is 1.01. The van der Waals surface area contributed by atoms with E-state index in [1.807, 2.05) is 0 Å². The zero-order valence-corrected chi connectivity index (χ0v) is 18.3. The molecule has 0 saturated carbocycles. The van der Waals surface area contributed by atoms with Gasteiger partial charge in [-0.25, -0.2) is 9.57 Å². The molecule has 2 aliphatic heterocycles. The SMILES string of the molecule is C.C#CCCC(=O)O.C#CCCC(=O)ON1C(=O)CCC1=O.N=S.O=C1CCC(=O)N1O.[2H]C#C. The Morgan fingerprint density at radius 2 is 1.32 bits per heavy atom. The van der Waals surface area contributed by atoms with Crippen LogP contribution in [0.1, 0.15) is 60.2 Å². The second kappa shape index (κ2) is 23.5. The van der Waals surface area contributed by atoms with Gasteiger partial charge in [0.2, 0.25) is 0 Å². The first-order valence-corrected chi connectivity index (χ1v) is 9.24. The molecule has 0 unspecified atom stereocenters. The molecule has 0 radical (unpaired) electrons. The van der Waals surface area contributed by atoms with Gasteiger partial charge in [-0.15, -0.1) is 42.6 Å². The highest BCUT2D eigenvalue weighted by Gasteiger charge is 2.32. The number of nitrogens with one attached hydrogen (secondary N) is 1. The summed E-state index contributed by atoms with van der Waals surface area (Å²) in [6.45, 7) is 0. The maximum atomic E-state index is 11.0. The standard InChI is InChI=1S/C9H9NO4.C5H6O2.C4H5NO3.C2H2.CH4.HNS/c1-2-3-4-9(13)14-10-7(11)5-6-8(10)12;1-2-3-4-5(6)7;6-3-1-2-4(7)5(3)8;1-2;;1-2/h1H,3-6H2;1H,3-4H2,(H,6,7);8H,1-2H2;1-2H;1H4;1H/i;;;1D;;. The summed E-state index contributed by atoms with van der Waals surface area (Å²) in [6.07, 6.45) is 16.6. The second-order valence-electron chi connectivity index (χ2n) is 5.45. The van der Waals surface area contributed by atoms with Crippen LogP contribution < -0.4 is 0 Å². The zero-order chi connectivity index (χ0) is 27.1. The molecule has 0 aromatic rings. The van der Waals surface area contributed by atoms with Crippen molar-refractivity contribution in [2.45, 2.75) is 58.8 Å². The number of carboxylic acids is 1. The van der Waals surface area contributed by atoms with Crippen molar-refractivity contribution in [3.05, 3.63) is 0 Å². The minimum absolute atomic E-state index is 0. The van der Waals surface area contributed by atoms with Crippen LogP contribution in [0.5, 0.6) is 0 Å². The minimum Gasteiger partial charge on any atom is -0.481 e. The minimum atomic E-state index is -0.835. The predicted molar refractivity (Wildman–Crippen MR) is 121 cm³/mol. The van der Waals surface area contributed by atoms with Gasteiger partial charge >= 0.3 is 11.9 Å². The lowest BCUT2D eigenvalue weighted by atomic mass is 10.3. The normalized spacial score (nSPS) is 13.1. The average molecular weight is 499 g/mol. The van der Waals surface area contributed by atoms with E-state index in [2.05, 4.69) is 35.5 Å². The first-order chi connectivity index (χ1) is 16.0. The number of imide groups is 2. The Bertz CT molecular complexity index is 828. The lowest BCUT2D eigenvalue weighted by Gasteiger charge is -2.11. The van der Waals surface area contributed by atoms with E-state index in [4.69, 9.17) is 29.3 Å². The van der Waals surface area contributed by atoms with E-state index in [9.17, 15) is 28.8 Å². The number of amides is 4. The van der Waals surface area contributed by atoms with E-state index in [1.54, 1.807) is 0 Å². The predicted octanol–water partition coefficient (Wildman–Crippen LogP) is 1.20. The molecule has 3 N–H and O–H groups in total. The Morgan fingerprint density at radius 3 is 1.59 bits per heavy atom. The van der Waals surface area contributed by atoms with Crippen LogP contribution in [0.2, 0.25) is 0 Å². The Kier molecular flexibility index (Phi) is 23.9. The number of hydrogen-bond acceptors (Lipinski definition) is 10. The number of carbonyl (C=O) groups excluding carboxylic acids is 5. The third kappa shape index (κ3) is 17.5. The molecule has 4 amide bonds. The number of carboxylic acid groups (broad SMARTS) is 1. The second-order valence-corrected chi connectivity index (χ2v) is 5.45. The number of carbonyl (C=O) groups is 6. The van der Waals surface area contributed by atoms with Gasteiger partial charge in [0.1, 0.15) is 1.37 Å². The molecule has 2 fully saturated rings. The first kappa shape index (κ1) is 34.5. The summed E-state index contributed by atoms with van der Waals surface area (Å²) in [5, 5.41) is 17.0. The average Bonchev–Trinajstić information content (AvgIpc) is 3.28. The van der Waals surface area contributed by atoms with Gasteiger partial charge in [0.05, 0.1) is 12.8 Å². The summed E-state index contributed by atoms with van der Waals surface area (Å²) in [7, 11) is 0. The molecule has 2 aliphatic rings. The molecule has 12 nitrogen and oxygen atoms in total. The van der Waals surface area contributed by atoms with Crippen LogP contribution in [0.3, 0.4) is 0 Å². The summed E-state index contributed by atoms with van der Waals surface area (Å²) < 4.78 is 11.1. The Hall–Kier alpha value is -4.12. The van der Waals surface area contributed by atoms with Crippen molar-refractivity contribution in [3.63, 3.8) is 0 Å². The van der Waals surface area contributed by atoms with Crippen molar-refractivity contribution in [3.8, 4) is 37.5 Å². The van der Waals surface area contributed by atoms with Crippen molar-refractivity contribution < 1.29 is 45.3 Å². The van der Waals surface area contributed by atoms with Gasteiger partial charge in [-0.1, -0.05) is 7.43 Å². The van der Waals surface area contributed by atoms with Gasteiger partial charge in [-0.2, -0.15) is 5.06 Å². The first-order valence-electron chi connectivity index (χ1n) is 9.33. The third-order valence-corrected chi connectivity index (χ3v) is 3.18. The van der Waals surface area contributed by atoms with Crippen LogP contribution in [0.25, 0.3) is 0 Å². The number of terminal acetylenes is 3. The molecule has 0 aliphatic carbocycles. The Morgan fingerprint density at radius 1 is 0.971 bits per heavy atom. The Balaban J connectivity index is -0.000000197. The smallest absolute Gasteiger partial charge is 0.334 e. The quantitative estimate of drug-likeness (QED) is 0.283. The van der Waals surface area contributed by atoms with Crippen molar-refractivity contribution in [1.82, 2.24) is 10.1 Å². The summed E-state index contributed by atoms with van der Waals surface area (Å²) in [6, 6.07) is 0. The highest BCUT2D eigenvalue weighted by atomic mass is 32.1. The molecular formula is C21H27N3O9S. The number of hydroxylamine groups is 4. The molecule has 2 saturated heterocycles. The maximum absolute atomic E-state index is 11.0. The van der Waals surface area contributed by atoms with Gasteiger partial charge < -0.3 is 9.94 Å². The monoisotopic (exact) mass is 498 g/mol. The third-order valence-electron chi connectivity index (χ3n) is 3.18. The van der Waals surface area contributed by atoms with E-state index in [0.717, 1.165) is 0 Å². The molecule has 0 aromatic carbocycles. The van der Waals surface area contributed by atoms with E-state index in [-0.39, 0.29) is 57.4 Å². The molecule has 2 rings (SSSR count). The summed E-state index contributed by atoms with van der Waals surface area (Å²) in [4.78, 5) is 67.6. The van der Waals surface area contributed by atoms with Gasteiger partial charge in [0, 0.05) is 51.0 Å². The van der Waals surface area contributed by atoms with Crippen LogP contribution in [-0.2, 0) is 46.0 Å². The highest BCUT2D eigenvalue weighted by Crippen LogP contribution is 2.12. The largest absolute Gasteiger partial charge is 0.481 e. The Labute approximate surface area is 204 Å². The molecular weight excluding hydrogens is 470 g/mol. The lowest BCUT2D eigenvalue weighted by molar-refractivity contribution is -0.197. The van der Waals surface area contributed by atoms with Gasteiger partial charge in [-0.3, -0.25) is 29.2 Å².